The van der Waals surface area contributed by atoms with Crippen molar-refractivity contribution in [2.45, 2.75) is 45.1 Å². The third-order valence-corrected chi connectivity index (χ3v) is 4.27. The highest BCUT2D eigenvalue weighted by molar-refractivity contribution is 5.85. The van der Waals surface area contributed by atoms with E-state index in [9.17, 15) is 4.79 Å². The van der Waals surface area contributed by atoms with Crippen LogP contribution in [-0.4, -0.2) is 12.5 Å². The number of benzene rings is 1. The SMILES string of the molecule is CC1CCCC(CC(=O)NCC(N)c2ccccc2)C1.Cl. The Bertz CT molecular complexity index is 424. The average Bonchev–Trinajstić information content (AvgIpc) is 2.46. The molecule has 3 unspecified atom stereocenters. The molecular formula is C17H27ClN2O. The number of carbonyl (C=O) groups excluding carboxylic acids is 1. The first kappa shape index (κ1) is 18.0. The van der Waals surface area contributed by atoms with Crippen LogP contribution in [0.4, 0.5) is 0 Å². The van der Waals surface area contributed by atoms with Gasteiger partial charge in [0.05, 0.1) is 0 Å². The Balaban J connectivity index is 0.00000220. The molecule has 118 valence electrons. The van der Waals surface area contributed by atoms with Crippen LogP contribution in [0.1, 0.15) is 50.6 Å². The van der Waals surface area contributed by atoms with Crippen LogP contribution < -0.4 is 11.1 Å². The molecule has 0 bridgehead atoms. The summed E-state index contributed by atoms with van der Waals surface area (Å²) >= 11 is 0. The average molecular weight is 311 g/mol. The quantitative estimate of drug-likeness (QED) is 0.875. The van der Waals surface area contributed by atoms with Gasteiger partial charge in [0.25, 0.3) is 0 Å². The molecule has 4 heteroatoms. The van der Waals surface area contributed by atoms with Crippen molar-refractivity contribution in [3.63, 3.8) is 0 Å². The number of nitrogens with one attached hydrogen (secondary N) is 1. The molecule has 1 saturated carbocycles. The van der Waals surface area contributed by atoms with Gasteiger partial charge in [0.2, 0.25) is 5.91 Å². The predicted octanol–water partition coefficient (Wildman–Crippen LogP) is 3.44. The first-order valence-electron chi connectivity index (χ1n) is 7.72. The number of hydrogen-bond donors (Lipinski definition) is 2. The minimum atomic E-state index is -0.120. The zero-order chi connectivity index (χ0) is 14.4. The van der Waals surface area contributed by atoms with E-state index in [4.69, 9.17) is 5.73 Å². The molecule has 0 spiro atoms. The minimum absolute atomic E-state index is 0. The van der Waals surface area contributed by atoms with Crippen LogP contribution in [-0.2, 0) is 4.79 Å². The van der Waals surface area contributed by atoms with Crippen molar-refractivity contribution in [2.75, 3.05) is 6.54 Å². The van der Waals surface area contributed by atoms with Gasteiger partial charge in [0.1, 0.15) is 0 Å². The third kappa shape index (κ3) is 6.06. The maximum Gasteiger partial charge on any atom is 0.220 e. The summed E-state index contributed by atoms with van der Waals surface area (Å²) in [6.07, 6.45) is 5.63. The summed E-state index contributed by atoms with van der Waals surface area (Å²) in [5.41, 5.74) is 7.15. The molecule has 1 fully saturated rings. The number of rotatable bonds is 5. The third-order valence-electron chi connectivity index (χ3n) is 4.27. The van der Waals surface area contributed by atoms with E-state index in [1.165, 1.54) is 25.7 Å². The van der Waals surface area contributed by atoms with E-state index in [1.807, 2.05) is 30.3 Å². The summed E-state index contributed by atoms with van der Waals surface area (Å²) in [6, 6.07) is 9.80. The van der Waals surface area contributed by atoms with Crippen molar-refractivity contribution in [1.82, 2.24) is 5.32 Å². The lowest BCUT2D eigenvalue weighted by Gasteiger charge is -2.26. The molecule has 1 amide bonds. The van der Waals surface area contributed by atoms with Crippen molar-refractivity contribution in [3.8, 4) is 0 Å². The van der Waals surface area contributed by atoms with Crippen LogP contribution in [0.5, 0.6) is 0 Å². The molecule has 21 heavy (non-hydrogen) atoms. The molecule has 3 N–H and O–H groups in total. The van der Waals surface area contributed by atoms with Crippen molar-refractivity contribution in [2.24, 2.45) is 17.6 Å². The predicted molar refractivity (Wildman–Crippen MR) is 89.4 cm³/mol. The maximum absolute atomic E-state index is 12.0. The second-order valence-corrected chi connectivity index (χ2v) is 6.16. The molecule has 3 atom stereocenters. The highest BCUT2D eigenvalue weighted by Crippen LogP contribution is 2.30. The fraction of sp³-hybridized carbons (Fsp3) is 0.588. The molecule has 0 saturated heterocycles. The summed E-state index contributed by atoms with van der Waals surface area (Å²) in [4.78, 5) is 12.0. The summed E-state index contributed by atoms with van der Waals surface area (Å²) < 4.78 is 0. The van der Waals surface area contributed by atoms with Crippen LogP contribution in [0.2, 0.25) is 0 Å². The molecule has 1 aliphatic rings. The van der Waals surface area contributed by atoms with E-state index < -0.39 is 0 Å². The van der Waals surface area contributed by atoms with E-state index >= 15 is 0 Å². The molecule has 0 radical (unpaired) electrons. The fourth-order valence-corrected chi connectivity index (χ4v) is 3.12. The van der Waals surface area contributed by atoms with Crippen molar-refractivity contribution >= 4 is 18.3 Å². The van der Waals surface area contributed by atoms with Gasteiger partial charge >= 0.3 is 0 Å². The lowest BCUT2D eigenvalue weighted by Crippen LogP contribution is -2.33. The topological polar surface area (TPSA) is 55.1 Å². The summed E-state index contributed by atoms with van der Waals surface area (Å²) in [5.74, 6) is 1.48. The molecule has 1 aliphatic carbocycles. The van der Waals surface area contributed by atoms with E-state index in [0.717, 1.165) is 11.5 Å². The van der Waals surface area contributed by atoms with E-state index in [0.29, 0.717) is 18.9 Å². The molecule has 0 aliphatic heterocycles. The first-order chi connectivity index (χ1) is 9.65. The van der Waals surface area contributed by atoms with E-state index in [1.54, 1.807) is 0 Å². The molecule has 1 aromatic carbocycles. The Labute approximate surface area is 134 Å². The first-order valence-corrected chi connectivity index (χ1v) is 7.72. The van der Waals surface area contributed by atoms with E-state index in [2.05, 4.69) is 12.2 Å². The van der Waals surface area contributed by atoms with Gasteiger partial charge in [0, 0.05) is 19.0 Å². The highest BCUT2D eigenvalue weighted by atomic mass is 35.5. The van der Waals surface area contributed by atoms with Gasteiger partial charge < -0.3 is 11.1 Å². The van der Waals surface area contributed by atoms with Gasteiger partial charge in [-0.25, -0.2) is 0 Å². The molecule has 2 rings (SSSR count). The monoisotopic (exact) mass is 310 g/mol. The zero-order valence-corrected chi connectivity index (χ0v) is 13.6. The highest BCUT2D eigenvalue weighted by Gasteiger charge is 2.21. The number of hydrogen-bond acceptors (Lipinski definition) is 2. The second-order valence-electron chi connectivity index (χ2n) is 6.16. The van der Waals surface area contributed by atoms with Gasteiger partial charge in [-0.15, -0.1) is 12.4 Å². The molecular weight excluding hydrogens is 284 g/mol. The molecule has 0 heterocycles. The zero-order valence-electron chi connectivity index (χ0n) is 12.8. The maximum atomic E-state index is 12.0. The number of amides is 1. The lowest BCUT2D eigenvalue weighted by atomic mass is 9.81. The Morgan fingerprint density at radius 1 is 1.33 bits per heavy atom. The second kappa shape index (κ2) is 9.06. The molecule has 1 aromatic rings. The number of nitrogens with two attached hydrogens (primary N) is 1. The Kier molecular flexibility index (Phi) is 7.76. The molecule has 3 nitrogen and oxygen atoms in total. The minimum Gasteiger partial charge on any atom is -0.354 e. The summed E-state index contributed by atoms with van der Waals surface area (Å²) in [5, 5.41) is 2.98. The van der Waals surface area contributed by atoms with Crippen LogP contribution in [0.15, 0.2) is 30.3 Å². The van der Waals surface area contributed by atoms with Gasteiger partial charge in [-0.1, -0.05) is 50.1 Å². The number of halogens is 1. The van der Waals surface area contributed by atoms with Crippen molar-refractivity contribution in [1.29, 1.82) is 0 Å². The summed E-state index contributed by atoms with van der Waals surface area (Å²) in [6.45, 7) is 2.81. The van der Waals surface area contributed by atoms with Crippen molar-refractivity contribution in [3.05, 3.63) is 35.9 Å². The van der Waals surface area contributed by atoms with Gasteiger partial charge in [-0.3, -0.25) is 4.79 Å². The Morgan fingerprint density at radius 3 is 2.71 bits per heavy atom. The summed E-state index contributed by atoms with van der Waals surface area (Å²) in [7, 11) is 0. The smallest absolute Gasteiger partial charge is 0.220 e. The normalized spacial score (nSPS) is 23.0. The van der Waals surface area contributed by atoms with Crippen LogP contribution >= 0.6 is 12.4 Å². The Morgan fingerprint density at radius 2 is 2.05 bits per heavy atom. The molecule has 0 aromatic heterocycles. The standard InChI is InChI=1S/C17H26N2O.ClH/c1-13-6-5-7-14(10-13)11-17(20)19-12-16(18)15-8-3-2-4-9-15;/h2-4,8-9,13-14,16H,5-7,10-12,18H2,1H3,(H,19,20);1H. The van der Waals surface area contributed by atoms with Gasteiger partial charge in [0.15, 0.2) is 0 Å². The fourth-order valence-electron chi connectivity index (χ4n) is 3.12. The van der Waals surface area contributed by atoms with Gasteiger partial charge in [-0.2, -0.15) is 0 Å². The Hall–Kier alpha value is -1.06. The van der Waals surface area contributed by atoms with Crippen LogP contribution in [0, 0.1) is 11.8 Å². The van der Waals surface area contributed by atoms with Gasteiger partial charge in [-0.05, 0) is 30.2 Å². The number of carbonyl (C=O) groups is 1. The van der Waals surface area contributed by atoms with Crippen molar-refractivity contribution < 1.29 is 4.79 Å². The largest absolute Gasteiger partial charge is 0.354 e. The lowest BCUT2D eigenvalue weighted by molar-refractivity contribution is -0.122. The van der Waals surface area contributed by atoms with E-state index in [-0.39, 0.29) is 24.4 Å². The van der Waals surface area contributed by atoms with Crippen LogP contribution in [0.25, 0.3) is 0 Å². The van der Waals surface area contributed by atoms with Crippen LogP contribution in [0.3, 0.4) is 0 Å².